The number of hydrogen-bond donors (Lipinski definition) is 1. The van der Waals surface area contributed by atoms with Gasteiger partial charge in [-0.3, -0.25) is 10.1 Å². The van der Waals surface area contributed by atoms with Crippen molar-refractivity contribution < 1.29 is 4.92 Å². The second kappa shape index (κ2) is 7.13. The van der Waals surface area contributed by atoms with Gasteiger partial charge in [-0.15, -0.1) is 0 Å². The Morgan fingerprint density at radius 2 is 2.26 bits per heavy atom. The standard InChI is InChI=1S/C11H19N5O2S/c1-5-12-10-9(16(17)18)11(14-7-13-10)15(3)8(2)6-19-4/h7-8H,5-6H2,1-4H3,(H,12,13,14). The molecule has 0 saturated heterocycles. The maximum Gasteiger partial charge on any atom is 0.353 e. The van der Waals surface area contributed by atoms with Crippen LogP contribution in [0.1, 0.15) is 13.8 Å². The molecule has 1 atom stereocenters. The van der Waals surface area contributed by atoms with E-state index in [0.717, 1.165) is 5.75 Å². The second-order valence-corrected chi connectivity index (χ2v) is 5.01. The Labute approximate surface area is 117 Å². The van der Waals surface area contributed by atoms with E-state index < -0.39 is 4.92 Å². The maximum absolute atomic E-state index is 11.3. The van der Waals surface area contributed by atoms with E-state index in [-0.39, 0.29) is 17.5 Å². The van der Waals surface area contributed by atoms with Gasteiger partial charge in [-0.05, 0) is 20.1 Å². The molecule has 0 amide bonds. The van der Waals surface area contributed by atoms with E-state index in [1.807, 2.05) is 32.1 Å². The monoisotopic (exact) mass is 285 g/mol. The Bertz CT molecular complexity index is 443. The minimum absolute atomic E-state index is 0.0696. The van der Waals surface area contributed by atoms with Gasteiger partial charge in [0.15, 0.2) is 0 Å². The molecule has 0 saturated carbocycles. The van der Waals surface area contributed by atoms with E-state index in [0.29, 0.717) is 12.4 Å². The number of rotatable bonds is 7. The summed E-state index contributed by atoms with van der Waals surface area (Å²) in [4.78, 5) is 20.7. The third kappa shape index (κ3) is 3.69. The largest absolute Gasteiger partial charge is 0.364 e. The molecule has 106 valence electrons. The smallest absolute Gasteiger partial charge is 0.353 e. The Morgan fingerprint density at radius 1 is 1.58 bits per heavy atom. The third-order valence-corrected chi connectivity index (χ3v) is 3.55. The molecule has 1 N–H and O–H groups in total. The fourth-order valence-electron chi connectivity index (χ4n) is 1.65. The molecule has 1 aromatic rings. The molecule has 0 aliphatic heterocycles. The molecular weight excluding hydrogens is 266 g/mol. The summed E-state index contributed by atoms with van der Waals surface area (Å²) < 4.78 is 0. The Morgan fingerprint density at radius 3 is 2.79 bits per heavy atom. The summed E-state index contributed by atoms with van der Waals surface area (Å²) in [6.07, 6.45) is 3.35. The van der Waals surface area contributed by atoms with Crippen molar-refractivity contribution in [2.75, 3.05) is 35.8 Å². The number of nitrogens with zero attached hydrogens (tertiary/aromatic N) is 4. The van der Waals surface area contributed by atoms with Crippen LogP contribution in [0.4, 0.5) is 17.3 Å². The summed E-state index contributed by atoms with van der Waals surface area (Å²) in [7, 11) is 1.81. The lowest BCUT2D eigenvalue weighted by molar-refractivity contribution is -0.383. The Hall–Kier alpha value is -1.57. The molecule has 0 aliphatic carbocycles. The number of nitrogens with one attached hydrogen (secondary N) is 1. The van der Waals surface area contributed by atoms with Crippen LogP contribution in [0, 0.1) is 10.1 Å². The first kappa shape index (κ1) is 15.5. The Kier molecular flexibility index (Phi) is 5.81. The van der Waals surface area contributed by atoms with Crippen molar-refractivity contribution in [3.63, 3.8) is 0 Å². The number of aromatic nitrogens is 2. The highest BCUT2D eigenvalue weighted by Gasteiger charge is 2.26. The molecule has 0 spiro atoms. The van der Waals surface area contributed by atoms with Gasteiger partial charge < -0.3 is 10.2 Å². The number of anilines is 2. The maximum atomic E-state index is 11.3. The molecule has 1 heterocycles. The van der Waals surface area contributed by atoms with Gasteiger partial charge in [0.05, 0.1) is 4.92 Å². The molecule has 0 radical (unpaired) electrons. The molecule has 0 aliphatic rings. The third-order valence-electron chi connectivity index (χ3n) is 2.73. The summed E-state index contributed by atoms with van der Waals surface area (Å²) in [5.41, 5.74) is -0.0696. The molecule has 1 unspecified atom stereocenters. The highest BCUT2D eigenvalue weighted by Crippen LogP contribution is 2.32. The average Bonchev–Trinajstić information content (AvgIpc) is 2.38. The summed E-state index contributed by atoms with van der Waals surface area (Å²) in [6, 6.07) is 0.151. The van der Waals surface area contributed by atoms with Gasteiger partial charge in [-0.25, -0.2) is 9.97 Å². The normalized spacial score (nSPS) is 12.0. The van der Waals surface area contributed by atoms with Gasteiger partial charge in [0.2, 0.25) is 11.6 Å². The van der Waals surface area contributed by atoms with Crippen LogP contribution in [0.5, 0.6) is 0 Å². The molecular formula is C11H19N5O2S. The van der Waals surface area contributed by atoms with Crippen molar-refractivity contribution in [3.05, 3.63) is 16.4 Å². The van der Waals surface area contributed by atoms with E-state index in [4.69, 9.17) is 0 Å². The zero-order valence-corrected chi connectivity index (χ0v) is 12.4. The van der Waals surface area contributed by atoms with Gasteiger partial charge in [0.1, 0.15) is 6.33 Å². The number of thioether (sulfide) groups is 1. The highest BCUT2D eigenvalue weighted by molar-refractivity contribution is 7.98. The van der Waals surface area contributed by atoms with Gasteiger partial charge >= 0.3 is 5.69 Å². The quantitative estimate of drug-likeness (QED) is 0.606. The first-order chi connectivity index (χ1) is 9.02. The SMILES string of the molecule is CCNc1ncnc(N(C)C(C)CSC)c1[N+](=O)[O-]. The molecule has 19 heavy (non-hydrogen) atoms. The van der Waals surface area contributed by atoms with E-state index in [1.54, 1.807) is 11.8 Å². The molecule has 7 nitrogen and oxygen atoms in total. The molecule has 1 aromatic heterocycles. The van der Waals surface area contributed by atoms with Crippen molar-refractivity contribution in [2.45, 2.75) is 19.9 Å². The predicted octanol–water partition coefficient (Wildman–Crippen LogP) is 2.00. The average molecular weight is 285 g/mol. The number of nitro groups is 1. The van der Waals surface area contributed by atoms with Crippen LogP contribution in [0.15, 0.2) is 6.33 Å². The molecule has 0 bridgehead atoms. The molecule has 0 aromatic carbocycles. The zero-order chi connectivity index (χ0) is 14.4. The molecule has 0 fully saturated rings. The lowest BCUT2D eigenvalue weighted by Gasteiger charge is -2.25. The second-order valence-electron chi connectivity index (χ2n) is 4.10. The fraction of sp³-hybridized carbons (Fsp3) is 0.636. The van der Waals surface area contributed by atoms with Crippen LogP contribution in [-0.4, -0.2) is 46.5 Å². The lowest BCUT2D eigenvalue weighted by Crippen LogP contribution is -2.32. The minimum atomic E-state index is -0.435. The van der Waals surface area contributed by atoms with E-state index in [2.05, 4.69) is 15.3 Å². The molecule has 1 rings (SSSR count). The minimum Gasteiger partial charge on any atom is -0.364 e. The van der Waals surface area contributed by atoms with Crippen molar-refractivity contribution >= 4 is 29.1 Å². The lowest BCUT2D eigenvalue weighted by atomic mass is 10.3. The topological polar surface area (TPSA) is 84.2 Å². The van der Waals surface area contributed by atoms with E-state index in [9.17, 15) is 10.1 Å². The van der Waals surface area contributed by atoms with Crippen molar-refractivity contribution in [1.29, 1.82) is 0 Å². The highest BCUT2D eigenvalue weighted by atomic mass is 32.2. The van der Waals surface area contributed by atoms with Crippen molar-refractivity contribution in [3.8, 4) is 0 Å². The summed E-state index contributed by atoms with van der Waals surface area (Å²) in [6.45, 7) is 4.45. The van der Waals surface area contributed by atoms with Crippen molar-refractivity contribution in [1.82, 2.24) is 9.97 Å². The molecule has 8 heteroatoms. The van der Waals surface area contributed by atoms with Gasteiger partial charge in [0, 0.05) is 25.4 Å². The van der Waals surface area contributed by atoms with Crippen LogP contribution in [0.25, 0.3) is 0 Å². The number of hydrogen-bond acceptors (Lipinski definition) is 7. The summed E-state index contributed by atoms with van der Waals surface area (Å²) in [5, 5.41) is 14.2. The van der Waals surface area contributed by atoms with Crippen LogP contribution >= 0.6 is 11.8 Å². The predicted molar refractivity (Wildman–Crippen MR) is 79.1 cm³/mol. The fourth-order valence-corrected chi connectivity index (χ4v) is 2.36. The summed E-state index contributed by atoms with van der Waals surface area (Å²) in [5.74, 6) is 1.48. The van der Waals surface area contributed by atoms with Gasteiger partial charge in [-0.1, -0.05) is 0 Å². The zero-order valence-electron chi connectivity index (χ0n) is 11.6. The van der Waals surface area contributed by atoms with Crippen LogP contribution < -0.4 is 10.2 Å². The Balaban J connectivity index is 3.18. The van der Waals surface area contributed by atoms with Crippen LogP contribution in [-0.2, 0) is 0 Å². The van der Waals surface area contributed by atoms with Crippen LogP contribution in [0.2, 0.25) is 0 Å². The van der Waals surface area contributed by atoms with E-state index >= 15 is 0 Å². The van der Waals surface area contributed by atoms with Crippen LogP contribution in [0.3, 0.4) is 0 Å². The van der Waals surface area contributed by atoms with Gasteiger partial charge in [-0.2, -0.15) is 11.8 Å². The first-order valence-corrected chi connectivity index (χ1v) is 7.37. The van der Waals surface area contributed by atoms with Gasteiger partial charge in [0.25, 0.3) is 0 Å². The van der Waals surface area contributed by atoms with E-state index in [1.165, 1.54) is 6.33 Å². The summed E-state index contributed by atoms with van der Waals surface area (Å²) >= 11 is 1.69. The van der Waals surface area contributed by atoms with Crippen molar-refractivity contribution in [2.24, 2.45) is 0 Å². The first-order valence-electron chi connectivity index (χ1n) is 5.97.